The fourth-order valence-corrected chi connectivity index (χ4v) is 10.6. The van der Waals surface area contributed by atoms with Crippen LogP contribution >= 0.6 is 23.5 Å². The number of fused-ring (bicyclic) bond motifs is 4. The molecule has 6 N–H and O–H groups in total. The zero-order valence-electron chi connectivity index (χ0n) is 38.0. The average molecular weight is 959 g/mol. The lowest BCUT2D eigenvalue weighted by Crippen LogP contribution is -2.69. The van der Waals surface area contributed by atoms with Gasteiger partial charge in [0.05, 0.1) is 55.2 Å². The van der Waals surface area contributed by atoms with E-state index in [-0.39, 0.29) is 70.4 Å². The number of phenols is 1. The van der Waals surface area contributed by atoms with Gasteiger partial charge in [-0.05, 0) is 55.2 Å². The number of ether oxygens (including phenoxy) is 6. The highest BCUT2D eigenvalue weighted by Gasteiger charge is 2.61. The molecule has 2 aromatic heterocycles. The second-order valence-corrected chi connectivity index (χ2v) is 18.9. The summed E-state index contributed by atoms with van der Waals surface area (Å²) in [5, 5.41) is 42.1. The van der Waals surface area contributed by atoms with Crippen molar-refractivity contribution in [2.75, 3.05) is 32.8 Å². The minimum absolute atomic E-state index is 0.00866. The number of carbonyl (C=O) groups excluding carboxylic acids is 4. The smallest absolute Gasteiger partial charge is 0.411 e. The van der Waals surface area contributed by atoms with Crippen molar-refractivity contribution in [2.24, 2.45) is 5.92 Å². The number of carbonyl (C=O) groups is 4. The molecule has 3 aromatic rings. The zero-order chi connectivity index (χ0) is 48.2. The number of hydrogen-bond donors (Lipinski definition) is 6. The first kappa shape index (κ1) is 49.9. The standard InChI is InChI=1S/C48H54N4O13S2/c1-24(2)50-33-23-62-38(22-37(33)60-5)65-43-45(58)48(66-7,44(57)42-41-28(16-18-49-42)31-20-27(54)14-15-32(31)51-41)25(3)63-46(43)64-36-13-11-9-8-10-12-30-39(36)29(17-19-67-26(4)53)34(55)21-35(56)40(30)52-47(59)61-6/h8-9,14-18,20,24-25,33-34,36-39,43,45-46,50-51,54-55,58H,19,21-23H2,1-7H3,(H,52,59)/b9-8-,29-17-/t25?,33?,34-,36-,37?,38?,39?,43?,45?,46?,48?/m0/s1. The second-order valence-electron chi connectivity index (χ2n) is 16.6. The van der Waals surface area contributed by atoms with Gasteiger partial charge >= 0.3 is 6.09 Å². The lowest BCUT2D eigenvalue weighted by molar-refractivity contribution is -0.326. The molecule has 67 heavy (non-hydrogen) atoms. The van der Waals surface area contributed by atoms with Crippen LogP contribution in [-0.4, -0.2) is 147 Å². The van der Waals surface area contributed by atoms with Crippen molar-refractivity contribution in [3.05, 3.63) is 71.2 Å². The topological polar surface area (TPSA) is 237 Å². The number of thioether (sulfide) groups is 2. The summed E-state index contributed by atoms with van der Waals surface area (Å²) < 4.78 is 35.6. The predicted molar refractivity (Wildman–Crippen MR) is 251 cm³/mol. The first-order chi connectivity index (χ1) is 32.1. The van der Waals surface area contributed by atoms with Crippen molar-refractivity contribution >= 4 is 68.1 Å². The van der Waals surface area contributed by atoms with Gasteiger partial charge in [0.15, 0.2) is 23.5 Å². The van der Waals surface area contributed by atoms with E-state index in [1.54, 1.807) is 44.6 Å². The molecule has 0 bridgehead atoms. The summed E-state index contributed by atoms with van der Waals surface area (Å²) in [7, 11) is 2.71. The van der Waals surface area contributed by atoms with Crippen LogP contribution in [0.4, 0.5) is 4.79 Å². The molecule has 0 spiro atoms. The monoisotopic (exact) mass is 958 g/mol. The number of aliphatic hydroxyl groups is 2. The number of Topliss-reactive ketones (excluding diaryl/α,β-unsaturated/α-hetero) is 2. The third kappa shape index (κ3) is 10.4. The number of benzene rings is 1. The molecule has 11 atom stereocenters. The Morgan fingerprint density at radius 1 is 1.12 bits per heavy atom. The van der Waals surface area contributed by atoms with Crippen molar-refractivity contribution < 1.29 is 62.9 Å². The van der Waals surface area contributed by atoms with E-state index in [1.807, 2.05) is 13.8 Å². The highest BCUT2D eigenvalue weighted by molar-refractivity contribution is 8.13. The Balaban J connectivity index is 1.35. The second kappa shape index (κ2) is 21.5. The number of nitrogens with zero attached hydrogens (tertiary/aromatic N) is 1. The molecule has 2 saturated heterocycles. The number of phenolic OH excluding ortho intramolecular Hbond substituents is 1. The van der Waals surface area contributed by atoms with Crippen molar-refractivity contribution in [3.8, 4) is 29.4 Å². The highest BCUT2D eigenvalue weighted by Crippen LogP contribution is 2.46. The Labute approximate surface area is 396 Å². The van der Waals surface area contributed by atoms with Crippen LogP contribution in [-0.2, 0) is 38.0 Å². The Morgan fingerprint density at radius 3 is 2.61 bits per heavy atom. The lowest BCUT2D eigenvalue weighted by atomic mass is 9.82. The minimum Gasteiger partial charge on any atom is -0.508 e. The molecule has 7 rings (SSSR count). The van der Waals surface area contributed by atoms with Crippen molar-refractivity contribution in [1.82, 2.24) is 20.6 Å². The van der Waals surface area contributed by atoms with E-state index in [0.717, 1.165) is 30.6 Å². The number of alkyl carbamates (subject to hydrolysis) is 1. The maximum atomic E-state index is 15.3. The molecule has 1 aromatic carbocycles. The fraction of sp³-hybridized carbons (Fsp3) is 0.479. The molecule has 9 unspecified atom stereocenters. The number of amides is 1. The third-order valence-electron chi connectivity index (χ3n) is 12.1. The number of allylic oxidation sites excluding steroid dienone is 3. The Morgan fingerprint density at radius 2 is 1.90 bits per heavy atom. The van der Waals surface area contributed by atoms with Gasteiger partial charge in [-0.25, -0.2) is 4.79 Å². The fourth-order valence-electron chi connectivity index (χ4n) is 9.01. The summed E-state index contributed by atoms with van der Waals surface area (Å²) in [5.41, 5.74) is 1.03. The van der Waals surface area contributed by atoms with Gasteiger partial charge in [0.1, 0.15) is 34.5 Å². The molecule has 0 saturated carbocycles. The Hall–Kier alpha value is -5.03. The van der Waals surface area contributed by atoms with Gasteiger partial charge in [-0.15, -0.1) is 11.8 Å². The van der Waals surface area contributed by atoms with Gasteiger partial charge in [-0.3, -0.25) is 24.7 Å². The molecule has 19 heteroatoms. The number of methoxy groups -OCH3 is 2. The SMILES string of the molecule is COC(=O)NC1=C2C#C/C=C\C#C[C@H](OC3OC(C)C(SC)(C(=O)c4nccc5c4[nH]c4ccc(O)cc45)C(O)C3OC3CC(OC)C(NC(C)C)CO3)C2/C(=C\CSC(C)=O)[C@@H](O)CC1=O. The summed E-state index contributed by atoms with van der Waals surface area (Å²) >= 11 is 2.02. The molecule has 2 aliphatic carbocycles. The molecule has 4 aliphatic rings. The zero-order valence-corrected chi connectivity index (χ0v) is 39.6. The van der Waals surface area contributed by atoms with Gasteiger partial charge < -0.3 is 54.0 Å². The number of rotatable bonds is 13. The van der Waals surface area contributed by atoms with E-state index < -0.39 is 77.8 Å². The highest BCUT2D eigenvalue weighted by atomic mass is 32.2. The van der Waals surface area contributed by atoms with Crippen LogP contribution in [0.25, 0.3) is 21.8 Å². The van der Waals surface area contributed by atoms with E-state index in [4.69, 9.17) is 28.4 Å². The summed E-state index contributed by atoms with van der Waals surface area (Å²) in [5.74, 6) is 9.51. The molecule has 17 nitrogen and oxygen atoms in total. The molecule has 4 heterocycles. The van der Waals surface area contributed by atoms with Crippen LogP contribution in [0, 0.1) is 29.6 Å². The number of hydrogen-bond acceptors (Lipinski definition) is 17. The molecule has 2 aliphatic heterocycles. The maximum absolute atomic E-state index is 15.3. The molecule has 2 fully saturated rings. The molecular weight excluding hydrogens is 905 g/mol. The number of aromatic hydroxyl groups is 1. The number of ketones is 2. The van der Waals surface area contributed by atoms with Gasteiger partial charge in [-0.1, -0.05) is 55.4 Å². The lowest BCUT2D eigenvalue weighted by Gasteiger charge is -2.51. The summed E-state index contributed by atoms with van der Waals surface area (Å²) in [4.78, 5) is 61.8. The van der Waals surface area contributed by atoms with Crippen LogP contribution in [0.1, 0.15) is 51.0 Å². The summed E-state index contributed by atoms with van der Waals surface area (Å²) in [6, 6.07) is 6.44. The van der Waals surface area contributed by atoms with Crippen LogP contribution in [0.5, 0.6) is 5.75 Å². The molecular formula is C48H54N4O13S2. The molecule has 356 valence electrons. The van der Waals surface area contributed by atoms with Gasteiger partial charge in [0, 0.05) is 66.7 Å². The maximum Gasteiger partial charge on any atom is 0.411 e. The number of aromatic nitrogens is 2. The van der Waals surface area contributed by atoms with Crippen LogP contribution in [0.15, 0.2) is 65.5 Å². The largest absolute Gasteiger partial charge is 0.508 e. The summed E-state index contributed by atoms with van der Waals surface area (Å²) in [6.45, 7) is 7.20. The van der Waals surface area contributed by atoms with Crippen molar-refractivity contribution in [1.29, 1.82) is 0 Å². The molecule has 1 amide bonds. The number of H-pyrrole nitrogens is 1. The number of pyridine rings is 1. The Kier molecular flexibility index (Phi) is 16.0. The third-order valence-corrected chi connectivity index (χ3v) is 14.3. The van der Waals surface area contributed by atoms with Gasteiger partial charge in [0.2, 0.25) is 5.78 Å². The normalized spacial score (nSPS) is 30.8. The number of nitrogens with one attached hydrogen (secondary N) is 3. The quantitative estimate of drug-likeness (QED) is 0.0805. The summed E-state index contributed by atoms with van der Waals surface area (Å²) in [6.07, 6.45) is -3.66. The van der Waals surface area contributed by atoms with E-state index >= 15 is 4.79 Å². The molecule has 0 radical (unpaired) electrons. The number of aliphatic hydroxyl groups excluding tert-OH is 2. The van der Waals surface area contributed by atoms with Gasteiger partial charge in [-0.2, -0.15) is 0 Å². The first-order valence-electron chi connectivity index (χ1n) is 21.7. The first-order valence-corrected chi connectivity index (χ1v) is 23.9. The van der Waals surface area contributed by atoms with Crippen molar-refractivity contribution in [3.63, 3.8) is 0 Å². The van der Waals surface area contributed by atoms with E-state index in [0.29, 0.717) is 21.8 Å². The van der Waals surface area contributed by atoms with Crippen molar-refractivity contribution in [2.45, 2.75) is 107 Å². The Bertz CT molecular complexity index is 2620. The van der Waals surface area contributed by atoms with E-state index in [9.17, 15) is 29.7 Å². The van der Waals surface area contributed by atoms with E-state index in [2.05, 4.69) is 44.3 Å². The average Bonchev–Trinajstić information content (AvgIpc) is 3.67. The van der Waals surface area contributed by atoms with Crippen LogP contribution in [0.2, 0.25) is 0 Å². The number of aromatic amines is 1. The minimum atomic E-state index is -1.80. The van der Waals surface area contributed by atoms with Gasteiger partial charge in [0.25, 0.3) is 0 Å². The predicted octanol–water partition coefficient (Wildman–Crippen LogP) is 4.05. The van der Waals surface area contributed by atoms with E-state index in [1.165, 1.54) is 31.3 Å². The van der Waals surface area contributed by atoms with Crippen LogP contribution in [0.3, 0.4) is 0 Å². The van der Waals surface area contributed by atoms with Crippen LogP contribution < -0.4 is 10.6 Å².